The molecule has 0 saturated heterocycles. The van der Waals surface area contributed by atoms with Gasteiger partial charge in [0, 0.05) is 21.9 Å². The smallest absolute Gasteiger partial charge is 0.226 e. The molecule has 5 aromatic carbocycles. The van der Waals surface area contributed by atoms with Gasteiger partial charge >= 0.3 is 0 Å². The van der Waals surface area contributed by atoms with Crippen molar-refractivity contribution in [2.45, 2.75) is 0 Å². The first-order valence-corrected chi connectivity index (χ1v) is 12.0. The van der Waals surface area contributed by atoms with Gasteiger partial charge in [-0.05, 0) is 45.6 Å². The van der Waals surface area contributed by atoms with Gasteiger partial charge in [0.15, 0.2) is 11.6 Å². The molecule has 170 valence electrons. The Balaban J connectivity index is 1.51. The molecule has 0 unspecified atom stereocenters. The van der Waals surface area contributed by atoms with Crippen LogP contribution in [0, 0.1) is 0 Å². The van der Waals surface area contributed by atoms with E-state index in [-0.39, 0.29) is 5.28 Å². The molecule has 5 heteroatoms. The van der Waals surface area contributed by atoms with Gasteiger partial charge in [0.25, 0.3) is 0 Å². The molecule has 0 atom stereocenters. The standard InChI is InChI=1S/C31H18ClN3O/c32-31-34-29(23-15-6-12-19-11-4-5-13-21(19)23)33-30(35-31)24-16-8-18-26-28(24)27-22(14-7-17-25(27)36-26)20-9-2-1-3-10-20/h1-18H. The summed E-state index contributed by atoms with van der Waals surface area (Å²) >= 11 is 6.49. The molecule has 0 aliphatic heterocycles. The minimum Gasteiger partial charge on any atom is -0.456 e. The van der Waals surface area contributed by atoms with Gasteiger partial charge in [0.05, 0.1) is 0 Å². The molecule has 4 nitrogen and oxygen atoms in total. The Morgan fingerprint density at radius 2 is 1.08 bits per heavy atom. The summed E-state index contributed by atoms with van der Waals surface area (Å²) in [6.07, 6.45) is 0. The van der Waals surface area contributed by atoms with E-state index in [9.17, 15) is 0 Å². The van der Waals surface area contributed by atoms with Gasteiger partial charge in [0.1, 0.15) is 11.2 Å². The lowest BCUT2D eigenvalue weighted by Gasteiger charge is -2.09. The van der Waals surface area contributed by atoms with E-state index < -0.39 is 0 Å². The molecule has 0 aliphatic carbocycles. The molecule has 0 aliphatic rings. The third kappa shape index (κ3) is 3.35. The Morgan fingerprint density at radius 3 is 1.89 bits per heavy atom. The van der Waals surface area contributed by atoms with Crippen molar-refractivity contribution in [2.75, 3.05) is 0 Å². The Morgan fingerprint density at radius 1 is 0.500 bits per heavy atom. The summed E-state index contributed by atoms with van der Waals surface area (Å²) in [7, 11) is 0. The van der Waals surface area contributed by atoms with Crippen molar-refractivity contribution >= 4 is 44.3 Å². The van der Waals surface area contributed by atoms with Crippen LogP contribution >= 0.6 is 11.6 Å². The Bertz CT molecular complexity index is 1910. The number of hydrogen-bond acceptors (Lipinski definition) is 4. The van der Waals surface area contributed by atoms with E-state index in [1.54, 1.807) is 0 Å². The molecule has 36 heavy (non-hydrogen) atoms. The fraction of sp³-hybridized carbons (Fsp3) is 0. The van der Waals surface area contributed by atoms with Crippen LogP contribution in [0.2, 0.25) is 5.28 Å². The van der Waals surface area contributed by atoms with Gasteiger partial charge in [-0.1, -0.05) is 97.1 Å². The number of furan rings is 1. The summed E-state index contributed by atoms with van der Waals surface area (Å²) in [5.74, 6) is 1.05. The predicted molar refractivity (Wildman–Crippen MR) is 146 cm³/mol. The SMILES string of the molecule is Clc1nc(-c2cccc3ccccc23)nc(-c2cccc3oc4cccc(-c5ccccc5)c4c23)n1. The van der Waals surface area contributed by atoms with Crippen LogP contribution in [0.25, 0.3) is 66.6 Å². The predicted octanol–water partition coefficient (Wildman–Crippen LogP) is 8.58. The van der Waals surface area contributed by atoms with Gasteiger partial charge in [-0.2, -0.15) is 9.97 Å². The molecule has 2 heterocycles. The molecule has 0 fully saturated rings. The summed E-state index contributed by atoms with van der Waals surface area (Å²) < 4.78 is 6.28. The molecule has 7 rings (SSSR count). The van der Waals surface area contributed by atoms with Gasteiger partial charge in [0.2, 0.25) is 5.28 Å². The Hall–Kier alpha value is -4.54. The van der Waals surface area contributed by atoms with Crippen molar-refractivity contribution in [2.24, 2.45) is 0 Å². The molecule has 0 saturated carbocycles. The average Bonchev–Trinajstić information content (AvgIpc) is 3.32. The number of fused-ring (bicyclic) bond motifs is 4. The van der Waals surface area contributed by atoms with Gasteiger partial charge < -0.3 is 4.42 Å². The van der Waals surface area contributed by atoms with Gasteiger partial charge in [-0.25, -0.2) is 4.98 Å². The van der Waals surface area contributed by atoms with Crippen molar-refractivity contribution in [1.82, 2.24) is 15.0 Å². The number of rotatable bonds is 3. The van der Waals surface area contributed by atoms with Crippen LogP contribution in [-0.4, -0.2) is 15.0 Å². The minimum absolute atomic E-state index is 0.149. The second-order valence-corrected chi connectivity index (χ2v) is 8.94. The normalized spacial score (nSPS) is 11.5. The van der Waals surface area contributed by atoms with Crippen LogP contribution in [0.1, 0.15) is 0 Å². The number of hydrogen-bond donors (Lipinski definition) is 0. The molecule has 0 spiro atoms. The second kappa shape index (κ2) is 8.29. The molecule has 0 radical (unpaired) electrons. The highest BCUT2D eigenvalue weighted by Gasteiger charge is 2.19. The Kier molecular flexibility index (Phi) is 4.79. The van der Waals surface area contributed by atoms with Gasteiger partial charge in [-0.15, -0.1) is 0 Å². The first-order valence-electron chi connectivity index (χ1n) is 11.7. The fourth-order valence-corrected chi connectivity index (χ4v) is 5.08. The quantitative estimate of drug-likeness (QED) is 0.252. The highest BCUT2D eigenvalue weighted by molar-refractivity contribution is 6.28. The van der Waals surface area contributed by atoms with Crippen LogP contribution in [0.15, 0.2) is 114 Å². The number of halogens is 1. The van der Waals surface area contributed by atoms with E-state index in [1.807, 2.05) is 72.8 Å². The van der Waals surface area contributed by atoms with Crippen LogP contribution < -0.4 is 0 Å². The molecular weight excluding hydrogens is 466 g/mol. The molecule has 7 aromatic rings. The van der Waals surface area contributed by atoms with Crippen LogP contribution in [0.5, 0.6) is 0 Å². The van der Waals surface area contributed by atoms with Crippen molar-refractivity contribution in [1.29, 1.82) is 0 Å². The third-order valence-electron chi connectivity index (χ3n) is 6.49. The molecule has 2 aromatic heterocycles. The van der Waals surface area contributed by atoms with E-state index in [0.29, 0.717) is 11.6 Å². The van der Waals surface area contributed by atoms with E-state index in [1.165, 1.54) is 0 Å². The topological polar surface area (TPSA) is 51.8 Å². The fourth-order valence-electron chi connectivity index (χ4n) is 4.92. The monoisotopic (exact) mass is 483 g/mol. The van der Waals surface area contributed by atoms with E-state index in [2.05, 4.69) is 46.4 Å². The lowest BCUT2D eigenvalue weighted by molar-refractivity contribution is 0.669. The molecule has 0 amide bonds. The lowest BCUT2D eigenvalue weighted by Crippen LogP contribution is -1.98. The zero-order valence-electron chi connectivity index (χ0n) is 19.0. The maximum atomic E-state index is 6.49. The lowest BCUT2D eigenvalue weighted by atomic mass is 9.97. The zero-order valence-corrected chi connectivity index (χ0v) is 19.8. The van der Waals surface area contributed by atoms with Crippen molar-refractivity contribution in [3.63, 3.8) is 0 Å². The molecule has 0 bridgehead atoms. The van der Waals surface area contributed by atoms with Crippen molar-refractivity contribution < 1.29 is 4.42 Å². The third-order valence-corrected chi connectivity index (χ3v) is 6.66. The number of benzene rings is 5. The highest BCUT2D eigenvalue weighted by atomic mass is 35.5. The van der Waals surface area contributed by atoms with E-state index >= 15 is 0 Å². The average molecular weight is 484 g/mol. The number of nitrogens with zero attached hydrogens (tertiary/aromatic N) is 3. The molecule has 0 N–H and O–H groups in total. The largest absolute Gasteiger partial charge is 0.456 e. The minimum atomic E-state index is 0.149. The second-order valence-electron chi connectivity index (χ2n) is 8.60. The summed E-state index contributed by atoms with van der Waals surface area (Å²) in [5, 5.41) is 4.31. The van der Waals surface area contributed by atoms with E-state index in [0.717, 1.165) is 55.0 Å². The summed E-state index contributed by atoms with van der Waals surface area (Å²) in [4.78, 5) is 14.0. The first kappa shape index (κ1) is 20.8. The van der Waals surface area contributed by atoms with Crippen molar-refractivity contribution in [3.05, 3.63) is 114 Å². The zero-order chi connectivity index (χ0) is 24.1. The summed E-state index contributed by atoms with van der Waals surface area (Å²) in [6.45, 7) is 0. The maximum Gasteiger partial charge on any atom is 0.226 e. The Labute approximate surface area is 211 Å². The maximum absolute atomic E-state index is 6.49. The molecular formula is C31H18ClN3O. The number of aromatic nitrogens is 3. The highest BCUT2D eigenvalue weighted by Crippen LogP contribution is 2.41. The summed E-state index contributed by atoms with van der Waals surface area (Å²) in [5.41, 5.74) is 5.55. The van der Waals surface area contributed by atoms with Crippen LogP contribution in [0.3, 0.4) is 0 Å². The van der Waals surface area contributed by atoms with Crippen molar-refractivity contribution in [3.8, 4) is 33.9 Å². The summed E-state index contributed by atoms with van der Waals surface area (Å²) in [6, 6.07) is 36.7. The van der Waals surface area contributed by atoms with Crippen LogP contribution in [-0.2, 0) is 0 Å². The van der Waals surface area contributed by atoms with Crippen LogP contribution in [0.4, 0.5) is 0 Å². The first-order chi connectivity index (χ1) is 17.8. The van der Waals surface area contributed by atoms with Gasteiger partial charge in [-0.3, -0.25) is 0 Å². The van der Waals surface area contributed by atoms with E-state index in [4.69, 9.17) is 21.0 Å².